The third kappa shape index (κ3) is 6.94. The SMILES string of the molecule is COc1c(O)ccc(CCC(=O)C[C@H](O)C[C@H](CO)CCCO)c1-c1ccc2ccc(O)cc2c1. The molecular formula is C28H34O7. The Bertz CT molecular complexity index is 1140. The number of Topliss-reactive ketones (excluding diaryl/α,β-unsaturated/α-hetero) is 1. The zero-order valence-corrected chi connectivity index (χ0v) is 20.0. The van der Waals surface area contributed by atoms with E-state index in [9.17, 15) is 25.2 Å². The molecule has 0 radical (unpaired) electrons. The fourth-order valence-electron chi connectivity index (χ4n) is 4.50. The van der Waals surface area contributed by atoms with Gasteiger partial charge in [-0.2, -0.15) is 0 Å². The summed E-state index contributed by atoms with van der Waals surface area (Å²) in [7, 11) is 1.48. The Labute approximate surface area is 205 Å². The Morgan fingerprint density at radius 2 is 1.77 bits per heavy atom. The fourth-order valence-corrected chi connectivity index (χ4v) is 4.50. The largest absolute Gasteiger partial charge is 0.508 e. The third-order valence-corrected chi connectivity index (χ3v) is 6.31. The number of ether oxygens (including phenoxy) is 1. The molecule has 0 fully saturated rings. The highest BCUT2D eigenvalue weighted by molar-refractivity contribution is 5.90. The van der Waals surface area contributed by atoms with Gasteiger partial charge in [-0.15, -0.1) is 0 Å². The van der Waals surface area contributed by atoms with Crippen LogP contribution < -0.4 is 4.74 Å². The molecule has 0 bridgehead atoms. The maximum absolute atomic E-state index is 12.6. The van der Waals surface area contributed by atoms with Crippen LogP contribution in [-0.2, 0) is 11.2 Å². The molecule has 3 aromatic carbocycles. The second-order valence-electron chi connectivity index (χ2n) is 8.95. The Hall–Kier alpha value is -3.13. The fraction of sp³-hybridized carbons (Fsp3) is 0.393. The highest BCUT2D eigenvalue weighted by Gasteiger charge is 2.20. The number of ketones is 1. The highest BCUT2D eigenvalue weighted by atomic mass is 16.5. The summed E-state index contributed by atoms with van der Waals surface area (Å²) in [6, 6.07) is 14.2. The van der Waals surface area contributed by atoms with Gasteiger partial charge >= 0.3 is 0 Å². The van der Waals surface area contributed by atoms with E-state index in [2.05, 4.69) is 0 Å². The lowest BCUT2D eigenvalue weighted by atomic mass is 9.91. The Morgan fingerprint density at radius 3 is 2.49 bits per heavy atom. The van der Waals surface area contributed by atoms with Crippen molar-refractivity contribution in [3.05, 3.63) is 54.1 Å². The predicted molar refractivity (Wildman–Crippen MR) is 135 cm³/mol. The number of benzene rings is 3. The normalized spacial score (nSPS) is 13.0. The van der Waals surface area contributed by atoms with Crippen molar-refractivity contribution in [2.45, 2.75) is 44.6 Å². The smallest absolute Gasteiger partial charge is 0.168 e. The number of carbonyl (C=O) groups excluding carboxylic acids is 1. The molecule has 0 amide bonds. The number of phenols is 2. The molecule has 7 nitrogen and oxygen atoms in total. The van der Waals surface area contributed by atoms with Crippen molar-refractivity contribution >= 4 is 16.6 Å². The highest BCUT2D eigenvalue weighted by Crippen LogP contribution is 2.41. The number of fused-ring (bicyclic) bond motifs is 1. The zero-order valence-electron chi connectivity index (χ0n) is 20.0. The minimum absolute atomic E-state index is 0.00454. The van der Waals surface area contributed by atoms with Gasteiger partial charge in [-0.3, -0.25) is 4.79 Å². The summed E-state index contributed by atoms with van der Waals surface area (Å²) in [6.45, 7) is -0.0617. The topological polar surface area (TPSA) is 127 Å². The minimum atomic E-state index is -0.847. The van der Waals surface area contributed by atoms with Crippen LogP contribution in [0.25, 0.3) is 21.9 Å². The van der Waals surface area contributed by atoms with Gasteiger partial charge in [0.05, 0.1) is 13.2 Å². The van der Waals surface area contributed by atoms with Gasteiger partial charge in [0.2, 0.25) is 0 Å². The molecule has 0 heterocycles. The number of aliphatic hydroxyl groups excluding tert-OH is 3. The first-order valence-corrected chi connectivity index (χ1v) is 11.9. The average Bonchev–Trinajstić information content (AvgIpc) is 2.84. The van der Waals surface area contributed by atoms with E-state index in [0.29, 0.717) is 37.0 Å². The molecule has 2 atom stereocenters. The molecule has 0 aliphatic rings. The first-order valence-electron chi connectivity index (χ1n) is 11.9. The lowest BCUT2D eigenvalue weighted by Crippen LogP contribution is -2.20. The van der Waals surface area contributed by atoms with E-state index in [4.69, 9.17) is 9.84 Å². The number of aryl methyl sites for hydroxylation is 1. The van der Waals surface area contributed by atoms with Crippen molar-refractivity contribution in [2.75, 3.05) is 20.3 Å². The quantitative estimate of drug-likeness (QED) is 0.250. The summed E-state index contributed by atoms with van der Waals surface area (Å²) in [5.41, 5.74) is 2.28. The standard InChI is InChI=1S/C28H34O7/c1-35-28-26(34)11-8-20(7-10-24(32)16-25(33)13-18(17-30)3-2-12-29)27(28)21-5-4-19-6-9-23(31)15-22(19)14-21/h4-6,8-9,11,14-15,18,25,29-31,33-34H,2-3,7,10,12-13,16-17H2,1H3/t18-,25-/m1/s1. The predicted octanol–water partition coefficient (Wildman–Crippen LogP) is 3.95. The van der Waals surface area contributed by atoms with E-state index in [1.54, 1.807) is 18.2 Å². The number of methoxy groups -OCH3 is 1. The average molecular weight is 483 g/mol. The van der Waals surface area contributed by atoms with E-state index in [1.165, 1.54) is 13.2 Å². The second-order valence-corrected chi connectivity index (χ2v) is 8.95. The molecule has 5 N–H and O–H groups in total. The van der Waals surface area contributed by atoms with Gasteiger partial charge in [0, 0.05) is 31.6 Å². The molecule has 3 aromatic rings. The van der Waals surface area contributed by atoms with Crippen LogP contribution in [-0.4, -0.2) is 57.7 Å². The van der Waals surface area contributed by atoms with E-state index in [0.717, 1.165) is 21.9 Å². The molecule has 35 heavy (non-hydrogen) atoms. The lowest BCUT2D eigenvalue weighted by Gasteiger charge is -2.18. The van der Waals surface area contributed by atoms with Crippen molar-refractivity contribution in [3.8, 4) is 28.4 Å². The molecule has 188 valence electrons. The maximum Gasteiger partial charge on any atom is 0.168 e. The van der Waals surface area contributed by atoms with E-state index in [-0.39, 0.29) is 49.3 Å². The van der Waals surface area contributed by atoms with E-state index < -0.39 is 6.10 Å². The first-order chi connectivity index (χ1) is 16.9. The van der Waals surface area contributed by atoms with E-state index in [1.807, 2.05) is 24.3 Å². The molecule has 0 saturated carbocycles. The van der Waals surface area contributed by atoms with Crippen molar-refractivity contribution in [3.63, 3.8) is 0 Å². The van der Waals surface area contributed by atoms with Crippen LogP contribution in [0.5, 0.6) is 17.2 Å². The minimum Gasteiger partial charge on any atom is -0.508 e. The van der Waals surface area contributed by atoms with Crippen LogP contribution in [0.3, 0.4) is 0 Å². The van der Waals surface area contributed by atoms with Gasteiger partial charge in [-0.1, -0.05) is 24.3 Å². The summed E-state index contributed by atoms with van der Waals surface area (Å²) >= 11 is 0. The lowest BCUT2D eigenvalue weighted by molar-refractivity contribution is -0.121. The number of hydrogen-bond donors (Lipinski definition) is 5. The van der Waals surface area contributed by atoms with E-state index >= 15 is 0 Å². The van der Waals surface area contributed by atoms with Gasteiger partial charge in [0.15, 0.2) is 11.5 Å². The Balaban J connectivity index is 1.78. The number of aliphatic hydroxyl groups is 3. The van der Waals surface area contributed by atoms with Crippen molar-refractivity contribution in [2.24, 2.45) is 5.92 Å². The summed E-state index contributed by atoms with van der Waals surface area (Å²) in [6.07, 6.45) is 1.20. The van der Waals surface area contributed by atoms with Crippen LogP contribution in [0.1, 0.15) is 37.7 Å². The molecule has 0 aliphatic heterocycles. The molecular weight excluding hydrogens is 448 g/mol. The van der Waals surface area contributed by atoms with Gasteiger partial charge < -0.3 is 30.3 Å². The summed E-state index contributed by atoms with van der Waals surface area (Å²) < 4.78 is 5.50. The van der Waals surface area contributed by atoms with Gasteiger partial charge in [-0.05, 0) is 77.8 Å². The Kier molecular flexibility index (Phi) is 9.48. The summed E-state index contributed by atoms with van der Waals surface area (Å²) in [5.74, 6) is 0.204. The molecule has 3 rings (SSSR count). The van der Waals surface area contributed by atoms with Gasteiger partial charge in [0.25, 0.3) is 0 Å². The zero-order chi connectivity index (χ0) is 25.4. The molecule has 0 aromatic heterocycles. The molecule has 0 saturated heterocycles. The van der Waals surface area contributed by atoms with Crippen LogP contribution in [0, 0.1) is 5.92 Å². The van der Waals surface area contributed by atoms with Gasteiger partial charge in [0.1, 0.15) is 11.5 Å². The number of hydrogen-bond acceptors (Lipinski definition) is 7. The van der Waals surface area contributed by atoms with Crippen LogP contribution in [0.4, 0.5) is 0 Å². The van der Waals surface area contributed by atoms with Crippen molar-refractivity contribution < 1.29 is 35.1 Å². The van der Waals surface area contributed by atoms with Crippen LogP contribution >= 0.6 is 0 Å². The molecule has 0 unspecified atom stereocenters. The third-order valence-electron chi connectivity index (χ3n) is 6.31. The number of aromatic hydroxyl groups is 2. The van der Waals surface area contributed by atoms with Crippen molar-refractivity contribution in [1.82, 2.24) is 0 Å². The van der Waals surface area contributed by atoms with Gasteiger partial charge in [-0.25, -0.2) is 0 Å². The number of carbonyl (C=O) groups is 1. The van der Waals surface area contributed by atoms with Crippen LogP contribution in [0.15, 0.2) is 48.5 Å². The van der Waals surface area contributed by atoms with Crippen molar-refractivity contribution in [1.29, 1.82) is 0 Å². The maximum atomic E-state index is 12.6. The molecule has 7 heteroatoms. The molecule has 0 spiro atoms. The van der Waals surface area contributed by atoms with Crippen LogP contribution in [0.2, 0.25) is 0 Å². The monoisotopic (exact) mass is 482 g/mol. The molecule has 0 aliphatic carbocycles. The Morgan fingerprint density at radius 1 is 1.00 bits per heavy atom. The number of rotatable bonds is 13. The summed E-state index contributed by atoms with van der Waals surface area (Å²) in [4.78, 5) is 12.6. The second kappa shape index (κ2) is 12.5. The first kappa shape index (κ1) is 26.5. The number of phenolic OH excluding ortho intramolecular Hbond substituents is 2. The summed E-state index contributed by atoms with van der Waals surface area (Å²) in [5, 5.41) is 50.8.